The average Bonchev–Trinajstić information content (AvgIpc) is 3.80. The van der Waals surface area contributed by atoms with Crippen LogP contribution in [0.2, 0.25) is 0 Å². The lowest BCUT2D eigenvalue weighted by Crippen LogP contribution is -2.30. The second kappa shape index (κ2) is 12.2. The Balaban J connectivity index is 1.24. The molecule has 0 saturated carbocycles. The van der Waals surface area contributed by atoms with Gasteiger partial charge in [-0.25, -0.2) is 0 Å². The summed E-state index contributed by atoms with van der Waals surface area (Å²) < 4.78 is 16.5. The summed E-state index contributed by atoms with van der Waals surface area (Å²) in [7, 11) is -2.71. The molecule has 0 aliphatic carbocycles. The molecule has 0 fully saturated rings. The van der Waals surface area contributed by atoms with E-state index in [1.807, 2.05) is 36.4 Å². The Kier molecular flexibility index (Phi) is 8.09. The summed E-state index contributed by atoms with van der Waals surface area (Å²) in [5, 5.41) is 2.97. The molecular formula is C33H25Cl2N2O8P. The topological polar surface area (TPSA) is 130 Å². The number of nitrogens with zero attached hydrogens (tertiary/aromatic N) is 2. The van der Waals surface area contributed by atoms with Crippen molar-refractivity contribution in [3.63, 3.8) is 0 Å². The maximum Gasteiger partial charge on any atom is 0.391 e. The van der Waals surface area contributed by atoms with Crippen molar-refractivity contribution in [3.05, 3.63) is 95.4 Å². The minimum absolute atomic E-state index is 0.0578. The molecule has 2 aliphatic heterocycles. The second-order valence-corrected chi connectivity index (χ2v) is 12.3. The Hall–Kier alpha value is -4.18. The van der Waals surface area contributed by atoms with Crippen molar-refractivity contribution in [2.45, 2.75) is 11.8 Å². The van der Waals surface area contributed by atoms with Crippen LogP contribution in [0.25, 0.3) is 21.5 Å². The van der Waals surface area contributed by atoms with Gasteiger partial charge in [0, 0.05) is 59.6 Å². The molecule has 13 heteroatoms. The van der Waals surface area contributed by atoms with Crippen molar-refractivity contribution in [1.82, 2.24) is 0 Å². The molecule has 2 atom stereocenters. The molecule has 0 bridgehead atoms. The first-order chi connectivity index (χ1) is 22.3. The normalized spacial score (nSPS) is 17.1. The predicted octanol–water partition coefficient (Wildman–Crippen LogP) is 6.68. The maximum absolute atomic E-state index is 13.9. The van der Waals surface area contributed by atoms with E-state index in [0.29, 0.717) is 29.0 Å². The standard InChI is InChI=1S/C33H25Cl2N2O8P/c34-13-18-15-36(24-11-28(43-17-38)20-5-1-3-7-22(20)30(18)24)32(39)26-9-10-27(44-26)33(40)37-16-19(14-35)31-23-8-4-2-6-21(23)29(12-25(31)37)45-46(41)42/h1-12,17-19,41-42H,13-16H2. The first kappa shape index (κ1) is 30.5. The summed E-state index contributed by atoms with van der Waals surface area (Å²) in [4.78, 5) is 61.3. The fourth-order valence-corrected chi connectivity index (χ4v) is 7.44. The number of ether oxygens (including phenoxy) is 1. The summed E-state index contributed by atoms with van der Waals surface area (Å²) in [6.07, 6.45) is 0. The van der Waals surface area contributed by atoms with Gasteiger partial charge in [-0.2, -0.15) is 0 Å². The molecule has 0 saturated heterocycles. The summed E-state index contributed by atoms with van der Waals surface area (Å²) in [5.74, 6) is -0.518. The van der Waals surface area contributed by atoms with E-state index in [1.54, 1.807) is 24.3 Å². The number of amides is 2. The highest BCUT2D eigenvalue weighted by atomic mass is 35.5. The zero-order valence-electron chi connectivity index (χ0n) is 23.9. The molecule has 1 aromatic heterocycles. The molecule has 5 aromatic rings. The Labute approximate surface area is 273 Å². The van der Waals surface area contributed by atoms with Crippen LogP contribution in [-0.2, 0) is 4.79 Å². The number of hydrogen-bond acceptors (Lipinski definition) is 8. The highest BCUT2D eigenvalue weighted by Gasteiger charge is 2.39. The van der Waals surface area contributed by atoms with Gasteiger partial charge in [-0.3, -0.25) is 14.4 Å². The zero-order valence-corrected chi connectivity index (χ0v) is 26.3. The van der Waals surface area contributed by atoms with Crippen LogP contribution in [0.4, 0.5) is 11.4 Å². The molecule has 7 rings (SSSR count). The van der Waals surface area contributed by atoms with Crippen LogP contribution < -0.4 is 19.1 Å². The van der Waals surface area contributed by atoms with Crippen molar-refractivity contribution >= 4 is 83.0 Å². The molecule has 4 aromatic carbocycles. The van der Waals surface area contributed by atoms with E-state index in [-0.39, 0.29) is 54.0 Å². The number of rotatable bonds is 8. The van der Waals surface area contributed by atoms with Crippen molar-refractivity contribution < 1.29 is 37.8 Å². The summed E-state index contributed by atoms with van der Waals surface area (Å²) >= 11 is 12.7. The van der Waals surface area contributed by atoms with Crippen LogP contribution in [0.5, 0.6) is 11.5 Å². The molecule has 234 valence electrons. The van der Waals surface area contributed by atoms with Crippen LogP contribution in [-0.4, -0.2) is 52.9 Å². The average molecular weight is 679 g/mol. The van der Waals surface area contributed by atoms with Gasteiger partial charge in [0.25, 0.3) is 18.3 Å². The number of carbonyl (C=O) groups excluding carboxylic acids is 3. The van der Waals surface area contributed by atoms with Crippen molar-refractivity contribution in [2.75, 3.05) is 34.6 Å². The number of alkyl halides is 2. The van der Waals surface area contributed by atoms with Crippen LogP contribution in [0.3, 0.4) is 0 Å². The Morgan fingerprint density at radius 2 is 1.24 bits per heavy atom. The fraction of sp³-hybridized carbons (Fsp3) is 0.182. The molecule has 10 nitrogen and oxygen atoms in total. The lowest BCUT2D eigenvalue weighted by atomic mass is 9.95. The minimum Gasteiger partial charge on any atom is -0.446 e. The maximum atomic E-state index is 13.9. The highest BCUT2D eigenvalue weighted by Crippen LogP contribution is 2.49. The van der Waals surface area contributed by atoms with Crippen LogP contribution in [0, 0.1) is 0 Å². The Bertz CT molecular complexity index is 2030. The van der Waals surface area contributed by atoms with Gasteiger partial charge in [-0.15, -0.1) is 23.2 Å². The number of halogens is 2. The number of furan rings is 1. The van der Waals surface area contributed by atoms with Crippen molar-refractivity contribution in [1.29, 1.82) is 0 Å². The smallest absolute Gasteiger partial charge is 0.391 e. The summed E-state index contributed by atoms with van der Waals surface area (Å²) in [6.45, 7) is 0.849. The van der Waals surface area contributed by atoms with Crippen molar-refractivity contribution in [2.24, 2.45) is 0 Å². The van der Waals surface area contributed by atoms with E-state index >= 15 is 0 Å². The number of fused-ring (bicyclic) bond motifs is 6. The van der Waals surface area contributed by atoms with Gasteiger partial charge in [0.15, 0.2) is 11.5 Å². The third kappa shape index (κ3) is 4.98. The van der Waals surface area contributed by atoms with E-state index in [4.69, 9.17) is 36.9 Å². The van der Waals surface area contributed by atoms with E-state index < -0.39 is 20.4 Å². The molecular weight excluding hydrogens is 654 g/mol. The molecule has 0 spiro atoms. The molecule has 0 radical (unpaired) electrons. The van der Waals surface area contributed by atoms with Gasteiger partial charge in [-0.1, -0.05) is 48.5 Å². The Morgan fingerprint density at radius 1 is 0.783 bits per heavy atom. The lowest BCUT2D eigenvalue weighted by molar-refractivity contribution is -0.120. The molecule has 46 heavy (non-hydrogen) atoms. The molecule has 2 amide bonds. The zero-order chi connectivity index (χ0) is 32.1. The van der Waals surface area contributed by atoms with Gasteiger partial charge in [0.1, 0.15) is 11.5 Å². The largest absolute Gasteiger partial charge is 0.446 e. The minimum atomic E-state index is -2.71. The van der Waals surface area contributed by atoms with E-state index in [9.17, 15) is 24.2 Å². The first-order valence-electron chi connectivity index (χ1n) is 14.3. The predicted molar refractivity (Wildman–Crippen MR) is 176 cm³/mol. The van der Waals surface area contributed by atoms with Crippen LogP contribution >= 0.6 is 31.8 Å². The number of carbonyl (C=O) groups is 3. The number of benzene rings is 4. The van der Waals surface area contributed by atoms with Gasteiger partial charge in [0.2, 0.25) is 0 Å². The number of anilines is 2. The third-order valence-corrected chi connectivity index (χ3v) is 9.61. The van der Waals surface area contributed by atoms with Gasteiger partial charge in [-0.05, 0) is 34.0 Å². The SMILES string of the molecule is O=COc1cc2c(c3ccccc13)C(CCl)CN2C(=O)c1ccc(C(=O)N2CC(CCl)c3c2cc(OP(O)O)c2ccccc32)o1. The molecule has 2 aliphatic rings. The van der Waals surface area contributed by atoms with Crippen molar-refractivity contribution in [3.8, 4) is 11.5 Å². The molecule has 3 heterocycles. The Morgan fingerprint density at radius 3 is 1.70 bits per heavy atom. The summed E-state index contributed by atoms with van der Waals surface area (Å²) in [5.41, 5.74) is 2.73. The van der Waals surface area contributed by atoms with E-state index in [2.05, 4.69) is 0 Å². The molecule has 2 unspecified atom stereocenters. The fourth-order valence-electron chi connectivity index (χ4n) is 6.61. The van der Waals surface area contributed by atoms with Gasteiger partial charge < -0.3 is 33.3 Å². The second-order valence-electron chi connectivity index (χ2n) is 11.0. The quantitative estimate of drug-likeness (QED) is 0.106. The third-order valence-electron chi connectivity index (χ3n) is 8.50. The van der Waals surface area contributed by atoms with Crippen LogP contribution in [0.15, 0.2) is 77.2 Å². The number of hydrogen-bond donors (Lipinski definition) is 2. The molecule has 2 N–H and O–H groups in total. The monoisotopic (exact) mass is 678 g/mol. The van der Waals surface area contributed by atoms with Crippen LogP contribution in [0.1, 0.15) is 44.1 Å². The first-order valence-corrected chi connectivity index (χ1v) is 16.5. The van der Waals surface area contributed by atoms with E-state index in [1.165, 1.54) is 21.9 Å². The summed E-state index contributed by atoms with van der Waals surface area (Å²) in [6, 6.07) is 20.9. The van der Waals surface area contributed by atoms with Gasteiger partial charge >= 0.3 is 8.60 Å². The van der Waals surface area contributed by atoms with Gasteiger partial charge in [0.05, 0.1) is 11.4 Å². The highest BCUT2D eigenvalue weighted by molar-refractivity contribution is 7.39. The van der Waals surface area contributed by atoms with E-state index in [0.717, 1.165) is 27.3 Å². The lowest BCUT2D eigenvalue weighted by Gasteiger charge is -2.19.